The average molecular weight is 235 g/mol. The molecule has 1 rings (SSSR count). The lowest BCUT2D eigenvalue weighted by Gasteiger charge is -2.25. The maximum absolute atomic E-state index is 5.20. The molecule has 0 aliphatic carbocycles. The fourth-order valence-electron chi connectivity index (χ4n) is 2.30. The van der Waals surface area contributed by atoms with E-state index < -0.39 is 0 Å². The summed E-state index contributed by atoms with van der Waals surface area (Å²) in [5.41, 5.74) is 1.36. The Bertz CT molecular complexity index is 307. The van der Waals surface area contributed by atoms with Crippen LogP contribution in [0.1, 0.15) is 45.2 Å². The Morgan fingerprint density at radius 2 is 1.82 bits per heavy atom. The van der Waals surface area contributed by atoms with Crippen LogP contribution >= 0.6 is 0 Å². The van der Waals surface area contributed by atoms with Crippen molar-refractivity contribution in [3.63, 3.8) is 0 Å². The Morgan fingerprint density at radius 1 is 1.18 bits per heavy atom. The Balaban J connectivity index is 2.80. The molecule has 1 aromatic carbocycles. The number of rotatable bonds is 7. The van der Waals surface area contributed by atoms with Gasteiger partial charge < -0.3 is 10.1 Å². The van der Waals surface area contributed by atoms with E-state index in [4.69, 9.17) is 4.74 Å². The zero-order valence-electron chi connectivity index (χ0n) is 11.5. The van der Waals surface area contributed by atoms with Gasteiger partial charge in [-0.1, -0.05) is 39.3 Å². The van der Waals surface area contributed by atoms with E-state index in [0.29, 0.717) is 12.0 Å². The van der Waals surface area contributed by atoms with Gasteiger partial charge in [-0.05, 0) is 36.6 Å². The molecule has 0 saturated heterocycles. The molecule has 0 aliphatic heterocycles. The highest BCUT2D eigenvalue weighted by atomic mass is 16.5. The van der Waals surface area contributed by atoms with Gasteiger partial charge in [0.05, 0.1) is 7.11 Å². The van der Waals surface area contributed by atoms with Crippen LogP contribution in [0.25, 0.3) is 0 Å². The molecule has 0 aromatic heterocycles. The number of nitrogens with one attached hydrogen (secondary N) is 1. The fourth-order valence-corrected chi connectivity index (χ4v) is 2.30. The van der Waals surface area contributed by atoms with Crippen molar-refractivity contribution in [2.45, 2.75) is 39.7 Å². The second-order valence-electron chi connectivity index (χ2n) is 4.57. The maximum Gasteiger partial charge on any atom is 0.118 e. The number of benzene rings is 1. The van der Waals surface area contributed by atoms with Gasteiger partial charge in [0.2, 0.25) is 0 Å². The summed E-state index contributed by atoms with van der Waals surface area (Å²) in [4.78, 5) is 0. The molecule has 96 valence electrons. The van der Waals surface area contributed by atoms with Gasteiger partial charge in [0, 0.05) is 6.04 Å². The van der Waals surface area contributed by atoms with Crippen LogP contribution in [-0.4, -0.2) is 13.7 Å². The summed E-state index contributed by atoms with van der Waals surface area (Å²) >= 11 is 0. The van der Waals surface area contributed by atoms with Crippen molar-refractivity contribution in [1.29, 1.82) is 0 Å². The molecule has 0 spiro atoms. The van der Waals surface area contributed by atoms with E-state index in [-0.39, 0.29) is 0 Å². The molecule has 0 aliphatic rings. The second-order valence-corrected chi connectivity index (χ2v) is 4.57. The van der Waals surface area contributed by atoms with Crippen molar-refractivity contribution in [3.8, 4) is 5.75 Å². The number of methoxy groups -OCH3 is 1. The van der Waals surface area contributed by atoms with Crippen LogP contribution in [0.2, 0.25) is 0 Å². The molecule has 0 radical (unpaired) electrons. The van der Waals surface area contributed by atoms with Gasteiger partial charge in [0.15, 0.2) is 0 Å². The van der Waals surface area contributed by atoms with Gasteiger partial charge in [-0.2, -0.15) is 0 Å². The van der Waals surface area contributed by atoms with Gasteiger partial charge in [0.1, 0.15) is 5.75 Å². The van der Waals surface area contributed by atoms with Crippen molar-refractivity contribution >= 4 is 0 Å². The van der Waals surface area contributed by atoms with Gasteiger partial charge in [0.25, 0.3) is 0 Å². The first-order chi connectivity index (χ1) is 8.22. The van der Waals surface area contributed by atoms with Gasteiger partial charge >= 0.3 is 0 Å². The van der Waals surface area contributed by atoms with Crippen LogP contribution in [0, 0.1) is 5.92 Å². The molecule has 1 aromatic rings. The van der Waals surface area contributed by atoms with E-state index in [1.165, 1.54) is 18.4 Å². The first kappa shape index (κ1) is 14.0. The number of hydrogen-bond acceptors (Lipinski definition) is 2. The first-order valence-corrected chi connectivity index (χ1v) is 6.60. The van der Waals surface area contributed by atoms with Crippen LogP contribution in [0.15, 0.2) is 24.3 Å². The highest BCUT2D eigenvalue weighted by molar-refractivity contribution is 5.29. The standard InChI is InChI=1S/C15H25NO/c1-5-7-12(3)15(16-6-2)13-8-10-14(17-4)11-9-13/h8-12,15-16H,5-7H2,1-4H3. The highest BCUT2D eigenvalue weighted by Crippen LogP contribution is 2.26. The molecule has 2 nitrogen and oxygen atoms in total. The molecule has 0 bridgehead atoms. The lowest BCUT2D eigenvalue weighted by atomic mass is 9.91. The van der Waals surface area contributed by atoms with E-state index in [1.807, 2.05) is 12.1 Å². The van der Waals surface area contributed by atoms with Crippen molar-refractivity contribution in [2.24, 2.45) is 5.92 Å². The smallest absolute Gasteiger partial charge is 0.118 e. The minimum atomic E-state index is 0.450. The Kier molecular flexibility index (Phi) is 6.06. The van der Waals surface area contributed by atoms with Crippen LogP contribution < -0.4 is 10.1 Å². The predicted octanol–water partition coefficient (Wildman–Crippen LogP) is 3.78. The van der Waals surface area contributed by atoms with Crippen LogP contribution in [-0.2, 0) is 0 Å². The van der Waals surface area contributed by atoms with E-state index in [1.54, 1.807) is 7.11 Å². The summed E-state index contributed by atoms with van der Waals surface area (Å²) < 4.78 is 5.20. The molecule has 2 unspecified atom stereocenters. The van der Waals surface area contributed by atoms with Crippen molar-refractivity contribution in [1.82, 2.24) is 5.32 Å². The zero-order chi connectivity index (χ0) is 12.7. The zero-order valence-corrected chi connectivity index (χ0v) is 11.5. The summed E-state index contributed by atoms with van der Waals surface area (Å²) in [6, 6.07) is 8.86. The quantitative estimate of drug-likeness (QED) is 0.776. The third-order valence-corrected chi connectivity index (χ3v) is 3.21. The lowest BCUT2D eigenvalue weighted by Crippen LogP contribution is -2.26. The molecule has 2 heteroatoms. The first-order valence-electron chi connectivity index (χ1n) is 6.60. The molecule has 17 heavy (non-hydrogen) atoms. The molecule has 2 atom stereocenters. The number of ether oxygens (including phenoxy) is 1. The minimum absolute atomic E-state index is 0.450. The fraction of sp³-hybridized carbons (Fsp3) is 0.600. The van der Waals surface area contributed by atoms with E-state index in [9.17, 15) is 0 Å². The summed E-state index contributed by atoms with van der Waals surface area (Å²) in [5.74, 6) is 1.58. The molecule has 0 saturated carbocycles. The normalized spacial score (nSPS) is 14.4. The Hall–Kier alpha value is -1.02. The predicted molar refractivity (Wildman–Crippen MR) is 73.5 cm³/mol. The molecule has 0 heterocycles. The molecular weight excluding hydrogens is 210 g/mol. The average Bonchev–Trinajstić information content (AvgIpc) is 2.36. The van der Waals surface area contributed by atoms with Gasteiger partial charge in [-0.3, -0.25) is 0 Å². The van der Waals surface area contributed by atoms with Crippen LogP contribution in [0.5, 0.6) is 5.75 Å². The molecule has 0 fully saturated rings. The van der Waals surface area contributed by atoms with Crippen molar-refractivity contribution < 1.29 is 4.74 Å². The monoisotopic (exact) mass is 235 g/mol. The lowest BCUT2D eigenvalue weighted by molar-refractivity contribution is 0.368. The minimum Gasteiger partial charge on any atom is -0.497 e. The van der Waals surface area contributed by atoms with Gasteiger partial charge in [-0.15, -0.1) is 0 Å². The van der Waals surface area contributed by atoms with Crippen LogP contribution in [0.3, 0.4) is 0 Å². The summed E-state index contributed by atoms with van der Waals surface area (Å²) in [7, 11) is 1.70. The van der Waals surface area contributed by atoms with E-state index >= 15 is 0 Å². The van der Waals surface area contributed by atoms with E-state index in [2.05, 4.69) is 38.2 Å². The maximum atomic E-state index is 5.20. The molecule has 1 N–H and O–H groups in total. The molecular formula is C15H25NO. The Morgan fingerprint density at radius 3 is 2.29 bits per heavy atom. The topological polar surface area (TPSA) is 21.3 Å². The largest absolute Gasteiger partial charge is 0.497 e. The van der Waals surface area contributed by atoms with Crippen molar-refractivity contribution in [2.75, 3.05) is 13.7 Å². The third-order valence-electron chi connectivity index (χ3n) is 3.21. The molecule has 0 amide bonds. The highest BCUT2D eigenvalue weighted by Gasteiger charge is 2.17. The summed E-state index contributed by atoms with van der Waals surface area (Å²) in [6.07, 6.45) is 2.49. The SMILES string of the molecule is CCCC(C)C(NCC)c1ccc(OC)cc1. The van der Waals surface area contributed by atoms with Crippen molar-refractivity contribution in [3.05, 3.63) is 29.8 Å². The number of hydrogen-bond donors (Lipinski definition) is 1. The van der Waals surface area contributed by atoms with Crippen LogP contribution in [0.4, 0.5) is 0 Å². The summed E-state index contributed by atoms with van der Waals surface area (Å²) in [5, 5.41) is 3.58. The van der Waals surface area contributed by atoms with E-state index in [0.717, 1.165) is 12.3 Å². The third kappa shape index (κ3) is 4.04. The second kappa shape index (κ2) is 7.33. The Labute approximate surface area is 105 Å². The van der Waals surface area contributed by atoms with Gasteiger partial charge in [-0.25, -0.2) is 0 Å². The summed E-state index contributed by atoms with van der Waals surface area (Å²) in [6.45, 7) is 7.73.